The molecule has 21 heavy (non-hydrogen) atoms. The predicted octanol–water partition coefficient (Wildman–Crippen LogP) is 2.85. The summed E-state index contributed by atoms with van der Waals surface area (Å²) in [6.45, 7) is 0.225. The third-order valence-corrected chi connectivity index (χ3v) is 3.17. The van der Waals surface area contributed by atoms with Crippen LogP contribution in [0.25, 0.3) is 0 Å². The van der Waals surface area contributed by atoms with Crippen molar-refractivity contribution < 1.29 is 14.3 Å². The van der Waals surface area contributed by atoms with Gasteiger partial charge in [0, 0.05) is 17.1 Å². The zero-order chi connectivity index (χ0) is 15.1. The minimum Gasteiger partial charge on any atom is -0.484 e. The summed E-state index contributed by atoms with van der Waals surface area (Å²) < 4.78 is 5.33. The number of carbonyl (C=O) groups is 2. The number of carbonyl (C=O) groups excluding carboxylic acids is 2. The Bertz CT molecular complexity index is 643. The van der Waals surface area contributed by atoms with Gasteiger partial charge in [-0.25, -0.2) is 0 Å². The summed E-state index contributed by atoms with van der Waals surface area (Å²) >= 11 is 6.00. The van der Waals surface area contributed by atoms with Crippen molar-refractivity contribution in [1.29, 1.82) is 0 Å². The fourth-order valence-electron chi connectivity index (χ4n) is 1.71. The van der Waals surface area contributed by atoms with Gasteiger partial charge in [-0.2, -0.15) is 0 Å². The van der Waals surface area contributed by atoms with Gasteiger partial charge in [-0.15, -0.1) is 0 Å². The molecule has 1 amide bonds. The summed E-state index contributed by atoms with van der Waals surface area (Å²) in [4.78, 5) is 22.3. The molecule has 0 aliphatic heterocycles. The molecule has 4 nitrogen and oxygen atoms in total. The van der Waals surface area contributed by atoms with Gasteiger partial charge in [0.1, 0.15) is 12.0 Å². The Kier molecular flexibility index (Phi) is 5.35. The van der Waals surface area contributed by atoms with Crippen molar-refractivity contribution in [3.63, 3.8) is 0 Å². The first-order chi connectivity index (χ1) is 10.2. The van der Waals surface area contributed by atoms with E-state index in [1.165, 1.54) is 0 Å². The van der Waals surface area contributed by atoms with E-state index in [0.717, 1.165) is 11.8 Å². The van der Waals surface area contributed by atoms with E-state index in [-0.39, 0.29) is 12.5 Å². The minimum atomic E-state index is -0.258. The smallest absolute Gasteiger partial charge is 0.258 e. The van der Waals surface area contributed by atoms with Crippen LogP contribution in [0.4, 0.5) is 0 Å². The predicted molar refractivity (Wildman–Crippen MR) is 80.6 cm³/mol. The van der Waals surface area contributed by atoms with E-state index < -0.39 is 0 Å². The maximum absolute atomic E-state index is 11.7. The van der Waals surface area contributed by atoms with Crippen molar-refractivity contribution in [2.45, 2.75) is 6.54 Å². The Morgan fingerprint density at radius 1 is 1.19 bits per heavy atom. The van der Waals surface area contributed by atoms with Gasteiger partial charge in [-0.1, -0.05) is 41.9 Å². The van der Waals surface area contributed by atoms with Crippen molar-refractivity contribution in [3.8, 4) is 5.75 Å². The number of hydrogen-bond acceptors (Lipinski definition) is 3. The first kappa shape index (κ1) is 15.1. The van der Waals surface area contributed by atoms with E-state index in [1.807, 2.05) is 18.2 Å². The number of aldehydes is 1. The Morgan fingerprint density at radius 3 is 2.76 bits per heavy atom. The summed E-state index contributed by atoms with van der Waals surface area (Å²) in [6.07, 6.45) is 0.727. The minimum absolute atomic E-state index is 0.118. The Balaban J connectivity index is 1.82. The highest BCUT2D eigenvalue weighted by Crippen LogP contribution is 2.14. The highest BCUT2D eigenvalue weighted by molar-refractivity contribution is 6.31. The Labute approximate surface area is 127 Å². The molecule has 2 rings (SSSR count). The SMILES string of the molecule is O=Cc1cccc(OCC(=O)NCc2ccccc2Cl)c1. The van der Waals surface area contributed by atoms with Crippen LogP contribution in [-0.2, 0) is 11.3 Å². The van der Waals surface area contributed by atoms with Crippen LogP contribution in [0.5, 0.6) is 5.75 Å². The molecule has 1 N–H and O–H groups in total. The molecule has 0 heterocycles. The number of rotatable bonds is 6. The first-order valence-electron chi connectivity index (χ1n) is 6.37. The summed E-state index contributed by atoms with van der Waals surface area (Å²) in [5.41, 5.74) is 1.35. The fraction of sp³-hybridized carbons (Fsp3) is 0.125. The van der Waals surface area contributed by atoms with Crippen LogP contribution >= 0.6 is 11.6 Å². The fourth-order valence-corrected chi connectivity index (χ4v) is 1.92. The van der Waals surface area contributed by atoms with E-state index in [4.69, 9.17) is 16.3 Å². The first-order valence-corrected chi connectivity index (χ1v) is 6.75. The van der Waals surface area contributed by atoms with E-state index in [1.54, 1.807) is 30.3 Å². The molecule has 0 radical (unpaired) electrons. The van der Waals surface area contributed by atoms with Crippen LogP contribution in [0, 0.1) is 0 Å². The van der Waals surface area contributed by atoms with Crippen molar-refractivity contribution in [3.05, 3.63) is 64.7 Å². The lowest BCUT2D eigenvalue weighted by Crippen LogP contribution is -2.28. The Hall–Kier alpha value is -2.33. The molecule has 0 saturated carbocycles. The maximum Gasteiger partial charge on any atom is 0.258 e. The molecule has 0 fully saturated rings. The quantitative estimate of drug-likeness (QED) is 0.835. The highest BCUT2D eigenvalue weighted by atomic mass is 35.5. The van der Waals surface area contributed by atoms with Gasteiger partial charge in [0.05, 0.1) is 0 Å². The second-order valence-electron chi connectivity index (χ2n) is 4.35. The van der Waals surface area contributed by atoms with Crippen molar-refractivity contribution in [2.24, 2.45) is 0 Å². The second-order valence-corrected chi connectivity index (χ2v) is 4.75. The molecule has 2 aromatic rings. The molecule has 0 aliphatic rings. The van der Waals surface area contributed by atoms with Crippen molar-refractivity contribution in [2.75, 3.05) is 6.61 Å². The molecule has 2 aromatic carbocycles. The van der Waals surface area contributed by atoms with Crippen LogP contribution in [0.15, 0.2) is 48.5 Å². The summed E-state index contributed by atoms with van der Waals surface area (Å²) in [6, 6.07) is 13.9. The van der Waals surface area contributed by atoms with Crippen LogP contribution in [0.3, 0.4) is 0 Å². The molecule has 0 aliphatic carbocycles. The van der Waals surface area contributed by atoms with E-state index in [9.17, 15) is 9.59 Å². The molecule has 5 heteroatoms. The summed E-state index contributed by atoms with van der Waals surface area (Å²) in [7, 11) is 0. The molecule has 108 valence electrons. The average Bonchev–Trinajstić information content (AvgIpc) is 2.52. The van der Waals surface area contributed by atoms with Crippen LogP contribution in [-0.4, -0.2) is 18.8 Å². The summed E-state index contributed by atoms with van der Waals surface area (Å²) in [5.74, 6) is 0.221. The van der Waals surface area contributed by atoms with Crippen LogP contribution in [0.2, 0.25) is 5.02 Å². The van der Waals surface area contributed by atoms with Gasteiger partial charge < -0.3 is 10.1 Å². The van der Waals surface area contributed by atoms with E-state index in [0.29, 0.717) is 22.9 Å². The number of ether oxygens (including phenoxy) is 1. The standard InChI is InChI=1S/C16H14ClNO3/c17-15-7-2-1-5-13(15)9-18-16(20)11-21-14-6-3-4-12(8-14)10-19/h1-8,10H,9,11H2,(H,18,20). The van der Waals surface area contributed by atoms with Gasteiger partial charge in [-0.05, 0) is 23.8 Å². The van der Waals surface area contributed by atoms with Crippen LogP contribution in [0.1, 0.15) is 15.9 Å². The number of hydrogen-bond donors (Lipinski definition) is 1. The molecular formula is C16H14ClNO3. The number of halogens is 1. The lowest BCUT2D eigenvalue weighted by Gasteiger charge is -2.08. The molecular weight excluding hydrogens is 290 g/mol. The number of amides is 1. The molecule has 0 spiro atoms. The van der Waals surface area contributed by atoms with E-state index in [2.05, 4.69) is 5.32 Å². The van der Waals surface area contributed by atoms with Gasteiger partial charge >= 0.3 is 0 Å². The zero-order valence-corrected chi connectivity index (χ0v) is 12.0. The molecule has 0 aromatic heterocycles. The third kappa shape index (κ3) is 4.61. The van der Waals surface area contributed by atoms with Gasteiger partial charge in [0.2, 0.25) is 0 Å². The molecule has 0 atom stereocenters. The third-order valence-electron chi connectivity index (χ3n) is 2.80. The average molecular weight is 304 g/mol. The number of benzene rings is 2. The lowest BCUT2D eigenvalue weighted by molar-refractivity contribution is -0.123. The van der Waals surface area contributed by atoms with Gasteiger partial charge in [0.25, 0.3) is 5.91 Å². The largest absolute Gasteiger partial charge is 0.484 e. The van der Waals surface area contributed by atoms with Crippen molar-refractivity contribution in [1.82, 2.24) is 5.32 Å². The van der Waals surface area contributed by atoms with Gasteiger partial charge in [-0.3, -0.25) is 9.59 Å². The van der Waals surface area contributed by atoms with E-state index >= 15 is 0 Å². The number of nitrogens with one attached hydrogen (secondary N) is 1. The Morgan fingerprint density at radius 2 is 2.00 bits per heavy atom. The monoisotopic (exact) mass is 303 g/mol. The van der Waals surface area contributed by atoms with Gasteiger partial charge in [0.15, 0.2) is 6.61 Å². The topological polar surface area (TPSA) is 55.4 Å². The molecule has 0 unspecified atom stereocenters. The van der Waals surface area contributed by atoms with Crippen molar-refractivity contribution >= 4 is 23.8 Å². The molecule has 0 bridgehead atoms. The zero-order valence-electron chi connectivity index (χ0n) is 11.2. The maximum atomic E-state index is 11.7. The molecule has 0 saturated heterocycles. The highest BCUT2D eigenvalue weighted by Gasteiger charge is 2.05. The van der Waals surface area contributed by atoms with Crippen LogP contribution < -0.4 is 10.1 Å². The lowest BCUT2D eigenvalue weighted by atomic mass is 10.2. The normalized spacial score (nSPS) is 9.95. The summed E-state index contributed by atoms with van der Waals surface area (Å²) in [5, 5.41) is 3.33. The second kappa shape index (κ2) is 7.45.